The van der Waals surface area contributed by atoms with Crippen LogP contribution in [0.25, 0.3) is 0 Å². The van der Waals surface area contributed by atoms with Crippen LogP contribution in [0.15, 0.2) is 36.5 Å². The third kappa shape index (κ3) is 4.20. The van der Waals surface area contributed by atoms with Crippen molar-refractivity contribution in [2.75, 3.05) is 13.2 Å². The number of carbonyl (C=O) groups is 1. The number of ether oxygens (including phenoxy) is 2. The molecule has 0 aliphatic carbocycles. The minimum absolute atomic E-state index is 0.0499. The Morgan fingerprint density at radius 3 is 2.92 bits per heavy atom. The van der Waals surface area contributed by atoms with Gasteiger partial charge in [-0.3, -0.25) is 9.48 Å². The second-order valence-corrected chi connectivity index (χ2v) is 5.95. The Morgan fingerprint density at radius 2 is 2.24 bits per heavy atom. The lowest BCUT2D eigenvalue weighted by Gasteiger charge is -2.30. The zero-order valence-corrected chi connectivity index (χ0v) is 14.1. The van der Waals surface area contributed by atoms with Crippen LogP contribution >= 0.6 is 0 Å². The molecule has 25 heavy (non-hydrogen) atoms. The molecule has 1 aliphatic rings. The highest BCUT2D eigenvalue weighted by molar-refractivity contribution is 5.94. The van der Waals surface area contributed by atoms with E-state index in [0.717, 1.165) is 18.5 Å². The monoisotopic (exact) mass is 339 g/mol. The van der Waals surface area contributed by atoms with Gasteiger partial charge in [0, 0.05) is 31.5 Å². The number of hydrogen-bond donors (Lipinski definition) is 1. The first kappa shape index (κ1) is 17.1. The van der Waals surface area contributed by atoms with Crippen molar-refractivity contribution in [3.05, 3.63) is 47.8 Å². The standard InChI is InChI=1S/C19H21N3O3/c1-3-11-24-16-6-4-14(5-7-16)19(23)21-15-9-12-25-18(13-15)17-8-10-20-22(17)2/h1,4-8,10,15,18H,9,11-13H2,2H3,(H,21,23)/t15-,18-/m0/s1. The largest absolute Gasteiger partial charge is 0.481 e. The third-order valence-corrected chi connectivity index (χ3v) is 4.25. The lowest BCUT2D eigenvalue weighted by molar-refractivity contribution is -0.00353. The maximum Gasteiger partial charge on any atom is 0.251 e. The van der Waals surface area contributed by atoms with Gasteiger partial charge in [-0.25, -0.2) is 0 Å². The van der Waals surface area contributed by atoms with Crippen LogP contribution in [0.2, 0.25) is 0 Å². The first-order valence-corrected chi connectivity index (χ1v) is 8.24. The molecule has 2 aromatic rings. The Labute approximate surface area is 147 Å². The molecule has 0 saturated carbocycles. The molecular weight excluding hydrogens is 318 g/mol. The summed E-state index contributed by atoms with van der Waals surface area (Å²) in [5, 5.41) is 7.27. The summed E-state index contributed by atoms with van der Waals surface area (Å²) >= 11 is 0. The second-order valence-electron chi connectivity index (χ2n) is 5.95. The summed E-state index contributed by atoms with van der Waals surface area (Å²) in [6.45, 7) is 0.822. The molecule has 2 heterocycles. The van der Waals surface area contributed by atoms with Crippen molar-refractivity contribution in [3.8, 4) is 18.1 Å². The number of benzene rings is 1. The van der Waals surface area contributed by atoms with E-state index in [1.807, 2.05) is 17.8 Å². The molecule has 0 unspecified atom stereocenters. The summed E-state index contributed by atoms with van der Waals surface area (Å²) in [4.78, 5) is 12.5. The minimum atomic E-state index is -0.0980. The Bertz CT molecular complexity index is 761. The number of terminal acetylenes is 1. The number of hydrogen-bond acceptors (Lipinski definition) is 4. The van der Waals surface area contributed by atoms with Crippen molar-refractivity contribution in [1.82, 2.24) is 15.1 Å². The van der Waals surface area contributed by atoms with Crippen molar-refractivity contribution in [3.63, 3.8) is 0 Å². The Hall–Kier alpha value is -2.78. The van der Waals surface area contributed by atoms with E-state index < -0.39 is 0 Å². The van der Waals surface area contributed by atoms with Crippen LogP contribution < -0.4 is 10.1 Å². The van der Waals surface area contributed by atoms with Crippen LogP contribution in [0.1, 0.15) is 35.0 Å². The molecule has 3 rings (SSSR count). The van der Waals surface area contributed by atoms with Gasteiger partial charge in [-0.05, 0) is 43.2 Å². The predicted octanol–water partition coefficient (Wildman–Crippen LogP) is 2.08. The molecule has 0 spiro atoms. The van der Waals surface area contributed by atoms with E-state index in [1.54, 1.807) is 30.5 Å². The molecule has 1 fully saturated rings. The smallest absolute Gasteiger partial charge is 0.251 e. The summed E-state index contributed by atoms with van der Waals surface area (Å²) in [6.07, 6.45) is 8.39. The number of rotatable bonds is 5. The number of aryl methyl sites for hydroxylation is 1. The van der Waals surface area contributed by atoms with E-state index in [4.69, 9.17) is 15.9 Å². The molecule has 1 aromatic carbocycles. The van der Waals surface area contributed by atoms with E-state index in [0.29, 0.717) is 17.9 Å². The van der Waals surface area contributed by atoms with Gasteiger partial charge in [0.25, 0.3) is 5.91 Å². The van der Waals surface area contributed by atoms with Crippen molar-refractivity contribution in [2.45, 2.75) is 25.0 Å². The first-order chi connectivity index (χ1) is 12.2. The lowest BCUT2D eigenvalue weighted by Crippen LogP contribution is -2.40. The maximum absolute atomic E-state index is 12.5. The van der Waals surface area contributed by atoms with Gasteiger partial charge in [-0.2, -0.15) is 5.10 Å². The summed E-state index contributed by atoms with van der Waals surface area (Å²) in [5.74, 6) is 2.96. The molecule has 1 aliphatic heterocycles. The number of amides is 1. The quantitative estimate of drug-likeness (QED) is 0.847. The average molecular weight is 339 g/mol. The summed E-state index contributed by atoms with van der Waals surface area (Å²) in [7, 11) is 1.89. The summed E-state index contributed by atoms with van der Waals surface area (Å²) in [6, 6.07) is 8.98. The van der Waals surface area contributed by atoms with E-state index in [2.05, 4.69) is 16.3 Å². The minimum Gasteiger partial charge on any atom is -0.481 e. The number of aromatic nitrogens is 2. The van der Waals surface area contributed by atoms with Crippen LogP contribution in [0.4, 0.5) is 0 Å². The van der Waals surface area contributed by atoms with Gasteiger partial charge in [-0.1, -0.05) is 5.92 Å². The highest BCUT2D eigenvalue weighted by Crippen LogP contribution is 2.27. The molecule has 1 saturated heterocycles. The zero-order valence-electron chi connectivity index (χ0n) is 14.1. The van der Waals surface area contributed by atoms with Gasteiger partial charge < -0.3 is 14.8 Å². The normalized spacial score (nSPS) is 19.8. The summed E-state index contributed by atoms with van der Waals surface area (Å²) in [5.41, 5.74) is 1.62. The van der Waals surface area contributed by atoms with Crippen LogP contribution in [0.3, 0.4) is 0 Å². The third-order valence-electron chi connectivity index (χ3n) is 4.25. The van der Waals surface area contributed by atoms with Crippen LogP contribution in [-0.2, 0) is 11.8 Å². The Kier molecular flexibility index (Phi) is 5.36. The topological polar surface area (TPSA) is 65.4 Å². The molecule has 1 aromatic heterocycles. The van der Waals surface area contributed by atoms with Gasteiger partial charge in [0.05, 0.1) is 5.69 Å². The fourth-order valence-electron chi connectivity index (χ4n) is 2.93. The first-order valence-electron chi connectivity index (χ1n) is 8.24. The second kappa shape index (κ2) is 7.86. The van der Waals surface area contributed by atoms with E-state index in [1.165, 1.54) is 0 Å². The van der Waals surface area contributed by atoms with Crippen LogP contribution in [-0.4, -0.2) is 34.9 Å². The maximum atomic E-state index is 12.5. The lowest BCUT2D eigenvalue weighted by atomic mass is 10.0. The van der Waals surface area contributed by atoms with Gasteiger partial charge >= 0.3 is 0 Å². The molecule has 1 N–H and O–H groups in total. The SMILES string of the molecule is C#CCOc1ccc(C(=O)N[C@H]2CCO[C@H](c3ccnn3C)C2)cc1. The van der Waals surface area contributed by atoms with Crippen LogP contribution in [0, 0.1) is 12.3 Å². The molecule has 6 nitrogen and oxygen atoms in total. The molecule has 6 heteroatoms. The van der Waals surface area contributed by atoms with Gasteiger partial charge in [0.2, 0.25) is 0 Å². The molecule has 0 bridgehead atoms. The number of nitrogens with one attached hydrogen (secondary N) is 1. The Morgan fingerprint density at radius 1 is 1.44 bits per heavy atom. The molecule has 2 atom stereocenters. The van der Waals surface area contributed by atoms with Gasteiger partial charge in [0.1, 0.15) is 18.5 Å². The zero-order chi connectivity index (χ0) is 17.6. The van der Waals surface area contributed by atoms with Crippen LogP contribution in [0.5, 0.6) is 5.75 Å². The highest BCUT2D eigenvalue weighted by Gasteiger charge is 2.27. The van der Waals surface area contributed by atoms with E-state index in [9.17, 15) is 4.79 Å². The molecule has 1 amide bonds. The fourth-order valence-corrected chi connectivity index (χ4v) is 2.93. The molecule has 130 valence electrons. The number of nitrogens with zero attached hydrogens (tertiary/aromatic N) is 2. The number of carbonyl (C=O) groups excluding carboxylic acids is 1. The predicted molar refractivity (Wildman–Crippen MR) is 93.2 cm³/mol. The van der Waals surface area contributed by atoms with Crippen molar-refractivity contribution >= 4 is 5.91 Å². The fraction of sp³-hybridized carbons (Fsp3) is 0.368. The van der Waals surface area contributed by atoms with Crippen molar-refractivity contribution in [1.29, 1.82) is 0 Å². The summed E-state index contributed by atoms with van der Waals surface area (Å²) < 4.78 is 13.0. The molecule has 0 radical (unpaired) electrons. The molecular formula is C19H21N3O3. The average Bonchev–Trinajstić information content (AvgIpc) is 3.06. The van der Waals surface area contributed by atoms with Crippen molar-refractivity contribution < 1.29 is 14.3 Å². The highest BCUT2D eigenvalue weighted by atomic mass is 16.5. The van der Waals surface area contributed by atoms with Crippen molar-refractivity contribution in [2.24, 2.45) is 7.05 Å². The van der Waals surface area contributed by atoms with Gasteiger partial charge in [-0.15, -0.1) is 6.42 Å². The Balaban J connectivity index is 1.59. The van der Waals surface area contributed by atoms with E-state index >= 15 is 0 Å². The van der Waals surface area contributed by atoms with E-state index in [-0.39, 0.29) is 24.7 Å². The van der Waals surface area contributed by atoms with Gasteiger partial charge in [0.15, 0.2) is 0 Å².